The Hall–Kier alpha value is -2.24. The second kappa shape index (κ2) is 11.4. The zero-order valence-corrected chi connectivity index (χ0v) is 18.9. The SMILES string of the molecule is CCC#CC[C@H](C)[C@H](O)/C=C/[C@H]1CC(F)(F)C(=O)N1CCCc1ccc(C(=O)OC)s1. The molecule has 8 heteroatoms. The summed E-state index contributed by atoms with van der Waals surface area (Å²) in [5.74, 6) is 0.781. The number of carbonyl (C=O) groups is 2. The largest absolute Gasteiger partial charge is 0.465 e. The lowest BCUT2D eigenvalue weighted by Crippen LogP contribution is -2.36. The number of nitrogens with zero attached hydrogens (tertiary/aromatic N) is 1. The van der Waals surface area contributed by atoms with E-state index in [-0.39, 0.29) is 12.5 Å². The quantitative estimate of drug-likeness (QED) is 0.348. The van der Waals surface area contributed by atoms with Crippen LogP contribution in [0, 0.1) is 17.8 Å². The Morgan fingerprint density at radius 3 is 2.87 bits per heavy atom. The Bertz CT molecular complexity index is 855. The van der Waals surface area contributed by atoms with Crippen molar-refractivity contribution in [3.8, 4) is 11.8 Å². The zero-order chi connectivity index (χ0) is 23.0. The third-order valence-corrected chi connectivity index (χ3v) is 6.27. The summed E-state index contributed by atoms with van der Waals surface area (Å²) < 4.78 is 32.8. The molecule has 3 atom stereocenters. The summed E-state index contributed by atoms with van der Waals surface area (Å²) in [6, 6.07) is 2.70. The first-order valence-electron chi connectivity index (χ1n) is 10.4. The summed E-state index contributed by atoms with van der Waals surface area (Å²) in [4.78, 5) is 26.3. The number of aryl methyl sites for hydroxylation is 1. The molecule has 2 rings (SSSR count). The van der Waals surface area contributed by atoms with E-state index in [1.54, 1.807) is 12.1 Å². The van der Waals surface area contributed by atoms with E-state index in [1.165, 1.54) is 35.5 Å². The number of ether oxygens (including phenoxy) is 1. The zero-order valence-electron chi connectivity index (χ0n) is 18.1. The molecule has 1 amide bonds. The molecule has 1 aliphatic rings. The molecule has 0 radical (unpaired) electrons. The maximum absolute atomic E-state index is 14.1. The Kier molecular flexibility index (Phi) is 9.20. The third kappa shape index (κ3) is 6.88. The smallest absolute Gasteiger partial charge is 0.348 e. The molecule has 1 fully saturated rings. The van der Waals surface area contributed by atoms with E-state index in [9.17, 15) is 23.5 Å². The number of rotatable bonds is 9. The molecule has 1 N–H and O–H groups in total. The molecule has 1 aliphatic heterocycles. The molecule has 0 aromatic carbocycles. The minimum atomic E-state index is -3.40. The second-order valence-electron chi connectivity index (χ2n) is 7.60. The first kappa shape index (κ1) is 25.0. The average Bonchev–Trinajstić information content (AvgIpc) is 3.29. The van der Waals surface area contributed by atoms with Gasteiger partial charge >= 0.3 is 11.9 Å². The van der Waals surface area contributed by atoms with Crippen LogP contribution in [-0.2, 0) is 16.0 Å². The number of alkyl halides is 2. The summed E-state index contributed by atoms with van der Waals surface area (Å²) >= 11 is 1.29. The topological polar surface area (TPSA) is 66.8 Å². The van der Waals surface area contributed by atoms with Crippen molar-refractivity contribution < 1.29 is 28.2 Å². The Morgan fingerprint density at radius 2 is 2.19 bits per heavy atom. The third-order valence-electron chi connectivity index (χ3n) is 5.15. The molecular weight excluding hydrogens is 424 g/mol. The minimum Gasteiger partial charge on any atom is -0.465 e. The van der Waals surface area contributed by atoms with Crippen LogP contribution in [0.3, 0.4) is 0 Å². The number of methoxy groups -OCH3 is 1. The van der Waals surface area contributed by atoms with Crippen LogP contribution in [-0.4, -0.2) is 53.6 Å². The highest BCUT2D eigenvalue weighted by atomic mass is 32.1. The number of hydrogen-bond donors (Lipinski definition) is 1. The molecule has 1 aromatic rings. The number of amides is 1. The maximum atomic E-state index is 14.1. The highest BCUT2D eigenvalue weighted by molar-refractivity contribution is 7.13. The number of likely N-dealkylation sites (tertiary alicyclic amines) is 1. The van der Waals surface area contributed by atoms with E-state index in [4.69, 9.17) is 0 Å². The van der Waals surface area contributed by atoms with Crippen molar-refractivity contribution >= 4 is 23.2 Å². The van der Waals surface area contributed by atoms with Gasteiger partial charge in [0.15, 0.2) is 0 Å². The number of hydrogen-bond acceptors (Lipinski definition) is 5. The molecule has 170 valence electrons. The second-order valence-corrected chi connectivity index (χ2v) is 8.77. The monoisotopic (exact) mass is 453 g/mol. The van der Waals surface area contributed by atoms with E-state index in [0.29, 0.717) is 24.1 Å². The summed E-state index contributed by atoms with van der Waals surface area (Å²) in [6.45, 7) is 3.95. The van der Waals surface area contributed by atoms with Gasteiger partial charge in [0.05, 0.1) is 19.3 Å². The van der Waals surface area contributed by atoms with Gasteiger partial charge in [-0.15, -0.1) is 23.2 Å². The van der Waals surface area contributed by atoms with Crippen LogP contribution in [0.15, 0.2) is 24.3 Å². The molecule has 0 bridgehead atoms. The van der Waals surface area contributed by atoms with Gasteiger partial charge in [-0.1, -0.05) is 26.0 Å². The molecule has 31 heavy (non-hydrogen) atoms. The van der Waals surface area contributed by atoms with Crippen LogP contribution in [0.5, 0.6) is 0 Å². The van der Waals surface area contributed by atoms with Crippen LogP contribution >= 0.6 is 11.3 Å². The van der Waals surface area contributed by atoms with Crippen molar-refractivity contribution in [1.82, 2.24) is 4.90 Å². The normalized spacial score (nSPS) is 19.9. The molecule has 1 aromatic heterocycles. The Labute approximate surface area is 186 Å². The Morgan fingerprint density at radius 1 is 1.45 bits per heavy atom. The summed E-state index contributed by atoms with van der Waals surface area (Å²) in [5.41, 5.74) is 0. The molecule has 0 aliphatic carbocycles. The van der Waals surface area contributed by atoms with Crippen molar-refractivity contribution in [2.75, 3.05) is 13.7 Å². The van der Waals surface area contributed by atoms with Crippen LogP contribution in [0.1, 0.15) is 54.1 Å². The van der Waals surface area contributed by atoms with Gasteiger partial charge in [0, 0.05) is 30.7 Å². The fraction of sp³-hybridized carbons (Fsp3) is 0.565. The van der Waals surface area contributed by atoms with Gasteiger partial charge in [-0.2, -0.15) is 8.78 Å². The molecular formula is C23H29F2NO4S. The average molecular weight is 454 g/mol. The number of carbonyl (C=O) groups excluding carboxylic acids is 2. The molecule has 1 saturated heterocycles. The fourth-order valence-electron chi connectivity index (χ4n) is 3.32. The van der Waals surface area contributed by atoms with Gasteiger partial charge in [0.1, 0.15) is 4.88 Å². The lowest BCUT2D eigenvalue weighted by Gasteiger charge is -2.22. The fourth-order valence-corrected chi connectivity index (χ4v) is 4.28. The van der Waals surface area contributed by atoms with Gasteiger partial charge in [-0.3, -0.25) is 4.79 Å². The van der Waals surface area contributed by atoms with Gasteiger partial charge < -0.3 is 14.7 Å². The van der Waals surface area contributed by atoms with Gasteiger partial charge in [-0.05, 0) is 30.9 Å². The number of halogens is 2. The standard InChI is InChI=1S/C23H29F2NO4S/c1-4-5-6-8-16(2)19(27)12-10-17-15-23(24,25)22(29)26(17)14-7-9-18-11-13-20(31-18)21(28)30-3/h10-13,16-17,19,27H,4,7-9,14-15H2,1-3H3/b12-10+/t16-,17-,19+/m0/s1. The van der Waals surface area contributed by atoms with Crippen LogP contribution in [0.25, 0.3) is 0 Å². The van der Waals surface area contributed by atoms with E-state index in [1.807, 2.05) is 13.8 Å². The van der Waals surface area contributed by atoms with Gasteiger partial charge in [0.25, 0.3) is 5.91 Å². The molecule has 0 unspecified atom stereocenters. The molecule has 0 spiro atoms. The summed E-state index contributed by atoms with van der Waals surface area (Å²) in [6.07, 6.45) is 3.88. The number of aliphatic hydroxyl groups is 1. The van der Waals surface area contributed by atoms with E-state index < -0.39 is 36.4 Å². The lowest BCUT2D eigenvalue weighted by molar-refractivity contribution is -0.148. The van der Waals surface area contributed by atoms with E-state index in [2.05, 4.69) is 16.6 Å². The van der Waals surface area contributed by atoms with Crippen molar-refractivity contribution in [2.45, 2.75) is 64.0 Å². The van der Waals surface area contributed by atoms with Crippen LogP contribution < -0.4 is 0 Å². The number of aliphatic hydroxyl groups excluding tert-OH is 1. The first-order chi connectivity index (χ1) is 14.7. The number of thiophene rings is 1. The molecule has 2 heterocycles. The van der Waals surface area contributed by atoms with E-state index in [0.717, 1.165) is 11.3 Å². The summed E-state index contributed by atoms with van der Waals surface area (Å²) in [7, 11) is 1.31. The highest BCUT2D eigenvalue weighted by Gasteiger charge is 2.52. The highest BCUT2D eigenvalue weighted by Crippen LogP contribution is 2.34. The van der Waals surface area contributed by atoms with Gasteiger partial charge in [0.2, 0.25) is 0 Å². The Balaban J connectivity index is 1.96. The minimum absolute atomic E-state index is 0.135. The first-order valence-corrected chi connectivity index (χ1v) is 11.2. The number of esters is 1. The van der Waals surface area contributed by atoms with Crippen molar-refractivity contribution in [2.24, 2.45) is 5.92 Å². The molecule has 5 nitrogen and oxygen atoms in total. The molecule has 0 saturated carbocycles. The van der Waals surface area contributed by atoms with E-state index >= 15 is 0 Å². The van der Waals surface area contributed by atoms with Crippen molar-refractivity contribution in [3.05, 3.63) is 34.0 Å². The van der Waals surface area contributed by atoms with Crippen LogP contribution in [0.4, 0.5) is 8.78 Å². The predicted octanol–water partition coefficient (Wildman–Crippen LogP) is 4.06. The van der Waals surface area contributed by atoms with Crippen molar-refractivity contribution in [3.63, 3.8) is 0 Å². The maximum Gasteiger partial charge on any atom is 0.348 e. The predicted molar refractivity (Wildman–Crippen MR) is 116 cm³/mol. The lowest BCUT2D eigenvalue weighted by atomic mass is 9.99. The van der Waals surface area contributed by atoms with Gasteiger partial charge in [-0.25, -0.2) is 4.79 Å². The van der Waals surface area contributed by atoms with Crippen LogP contribution in [0.2, 0.25) is 0 Å². The van der Waals surface area contributed by atoms with Crippen molar-refractivity contribution in [1.29, 1.82) is 0 Å². The summed E-state index contributed by atoms with van der Waals surface area (Å²) in [5, 5.41) is 10.3.